The van der Waals surface area contributed by atoms with Gasteiger partial charge in [0.25, 0.3) is 0 Å². The van der Waals surface area contributed by atoms with Crippen molar-refractivity contribution in [3.63, 3.8) is 0 Å². The van der Waals surface area contributed by atoms with E-state index in [0.29, 0.717) is 6.42 Å². The van der Waals surface area contributed by atoms with Gasteiger partial charge in [-0.05, 0) is 18.4 Å². The van der Waals surface area contributed by atoms with Crippen molar-refractivity contribution < 1.29 is 61.3 Å². The van der Waals surface area contributed by atoms with Crippen LogP contribution in [0.3, 0.4) is 0 Å². The van der Waals surface area contributed by atoms with Crippen molar-refractivity contribution in [2.24, 2.45) is 0 Å². The molecule has 2 nitrogen and oxygen atoms in total. The number of carbonyl (C=O) groups is 1. The Hall–Kier alpha value is 0.846. The van der Waals surface area contributed by atoms with Crippen LogP contribution in [0.5, 0.6) is 0 Å². The van der Waals surface area contributed by atoms with E-state index in [1.807, 2.05) is 0 Å². The SMILES string of the molecule is C=C(CCCCCCCCC)C(=O)[O-].[K+]. The van der Waals surface area contributed by atoms with Gasteiger partial charge in [0.15, 0.2) is 0 Å². The molecule has 0 spiro atoms. The summed E-state index contributed by atoms with van der Waals surface area (Å²) in [5, 5.41) is 10.3. The van der Waals surface area contributed by atoms with E-state index in [2.05, 4.69) is 13.5 Å². The Morgan fingerprint density at radius 1 is 1.07 bits per heavy atom. The van der Waals surface area contributed by atoms with Crippen molar-refractivity contribution >= 4 is 5.97 Å². The number of hydrogen-bond donors (Lipinski definition) is 0. The summed E-state index contributed by atoms with van der Waals surface area (Å²) in [7, 11) is 0. The first kappa shape index (κ1) is 18.2. The monoisotopic (exact) mass is 236 g/mol. The van der Waals surface area contributed by atoms with Crippen LogP contribution in [0.2, 0.25) is 0 Å². The van der Waals surface area contributed by atoms with Gasteiger partial charge in [-0.3, -0.25) is 0 Å². The topological polar surface area (TPSA) is 40.1 Å². The molecule has 0 N–H and O–H groups in total. The van der Waals surface area contributed by atoms with E-state index < -0.39 is 5.97 Å². The van der Waals surface area contributed by atoms with E-state index in [0.717, 1.165) is 12.8 Å². The molecular formula is C12H21KO2. The maximum Gasteiger partial charge on any atom is 1.00 e. The maximum atomic E-state index is 10.3. The van der Waals surface area contributed by atoms with Crippen LogP contribution in [0.1, 0.15) is 58.3 Å². The number of unbranched alkanes of at least 4 members (excludes halogenated alkanes) is 6. The van der Waals surface area contributed by atoms with Crippen LogP contribution >= 0.6 is 0 Å². The van der Waals surface area contributed by atoms with Gasteiger partial charge in [-0.1, -0.05) is 52.0 Å². The average Bonchev–Trinajstić information content (AvgIpc) is 2.16. The van der Waals surface area contributed by atoms with Crippen LogP contribution in [0.25, 0.3) is 0 Å². The standard InChI is InChI=1S/C12H22O2.K/c1-3-4-5-6-7-8-9-10-11(2)12(13)14;/h2-10H2,1H3,(H,13,14);/q;+1/p-1. The summed E-state index contributed by atoms with van der Waals surface area (Å²) in [6.07, 6.45) is 8.97. The van der Waals surface area contributed by atoms with Gasteiger partial charge in [0.2, 0.25) is 0 Å². The molecule has 0 aromatic heterocycles. The van der Waals surface area contributed by atoms with E-state index in [-0.39, 0.29) is 57.0 Å². The molecule has 0 amide bonds. The summed E-state index contributed by atoms with van der Waals surface area (Å²) in [6, 6.07) is 0. The number of aliphatic carboxylic acids is 1. The van der Waals surface area contributed by atoms with Gasteiger partial charge in [0, 0.05) is 0 Å². The van der Waals surface area contributed by atoms with E-state index in [1.54, 1.807) is 0 Å². The van der Waals surface area contributed by atoms with Gasteiger partial charge >= 0.3 is 51.4 Å². The van der Waals surface area contributed by atoms with E-state index in [9.17, 15) is 9.90 Å². The molecule has 0 aliphatic heterocycles. The molecule has 15 heavy (non-hydrogen) atoms. The molecule has 0 saturated carbocycles. The van der Waals surface area contributed by atoms with Crippen LogP contribution in [0, 0.1) is 0 Å². The minimum atomic E-state index is -1.10. The summed E-state index contributed by atoms with van der Waals surface area (Å²) >= 11 is 0. The first-order valence-corrected chi connectivity index (χ1v) is 5.57. The molecule has 0 aromatic rings. The zero-order valence-electron chi connectivity index (χ0n) is 10.2. The van der Waals surface area contributed by atoms with Crippen molar-refractivity contribution in [1.29, 1.82) is 0 Å². The van der Waals surface area contributed by atoms with Gasteiger partial charge in [0.05, 0.1) is 5.97 Å². The number of carboxylic acid groups (broad SMARTS) is 1. The molecule has 0 atom stereocenters. The van der Waals surface area contributed by atoms with Crippen LogP contribution in [0.4, 0.5) is 0 Å². The van der Waals surface area contributed by atoms with Crippen molar-refractivity contribution in [3.8, 4) is 0 Å². The zero-order valence-corrected chi connectivity index (χ0v) is 13.3. The predicted molar refractivity (Wildman–Crippen MR) is 56.8 cm³/mol. The van der Waals surface area contributed by atoms with Crippen LogP contribution in [0.15, 0.2) is 12.2 Å². The molecule has 3 heteroatoms. The minimum absolute atomic E-state index is 0. The Balaban J connectivity index is 0. The van der Waals surface area contributed by atoms with E-state index in [1.165, 1.54) is 32.1 Å². The second-order valence-electron chi connectivity index (χ2n) is 3.76. The number of hydrogen-bond acceptors (Lipinski definition) is 2. The molecule has 0 aliphatic rings. The quantitative estimate of drug-likeness (QED) is 0.306. The number of carboxylic acids is 1. The van der Waals surface area contributed by atoms with E-state index >= 15 is 0 Å². The van der Waals surface area contributed by atoms with Gasteiger partial charge in [-0.15, -0.1) is 0 Å². The molecule has 0 aliphatic carbocycles. The first-order chi connectivity index (χ1) is 6.68. The molecule has 0 saturated heterocycles. The third-order valence-corrected chi connectivity index (χ3v) is 2.37. The summed E-state index contributed by atoms with van der Waals surface area (Å²) in [5.74, 6) is -1.10. The van der Waals surface area contributed by atoms with Crippen molar-refractivity contribution in [1.82, 2.24) is 0 Å². The number of rotatable bonds is 9. The Labute approximate surface area is 136 Å². The fourth-order valence-electron chi connectivity index (χ4n) is 1.40. The first-order valence-electron chi connectivity index (χ1n) is 5.57. The van der Waals surface area contributed by atoms with Crippen molar-refractivity contribution in [3.05, 3.63) is 12.2 Å². The Kier molecular flexibility index (Phi) is 15.7. The van der Waals surface area contributed by atoms with E-state index in [4.69, 9.17) is 0 Å². The fraction of sp³-hybridized carbons (Fsp3) is 0.750. The summed E-state index contributed by atoms with van der Waals surface area (Å²) in [5.41, 5.74) is 0.235. The molecule has 0 fully saturated rings. The summed E-state index contributed by atoms with van der Waals surface area (Å²) in [4.78, 5) is 10.3. The smallest absolute Gasteiger partial charge is 0.545 e. The molecule has 0 rings (SSSR count). The van der Waals surface area contributed by atoms with Gasteiger partial charge < -0.3 is 9.90 Å². The zero-order chi connectivity index (χ0) is 10.8. The third kappa shape index (κ3) is 12.8. The Morgan fingerprint density at radius 2 is 1.53 bits per heavy atom. The average molecular weight is 236 g/mol. The molecule has 0 aromatic carbocycles. The van der Waals surface area contributed by atoms with Gasteiger partial charge in [-0.25, -0.2) is 0 Å². The van der Waals surface area contributed by atoms with Crippen LogP contribution in [-0.2, 0) is 4.79 Å². The molecule has 0 heterocycles. The van der Waals surface area contributed by atoms with Gasteiger partial charge in [-0.2, -0.15) is 0 Å². The van der Waals surface area contributed by atoms with Crippen LogP contribution in [-0.4, -0.2) is 5.97 Å². The second kappa shape index (κ2) is 12.9. The fourth-order valence-corrected chi connectivity index (χ4v) is 1.40. The molecule has 82 valence electrons. The molecular weight excluding hydrogens is 215 g/mol. The van der Waals surface area contributed by atoms with Crippen molar-refractivity contribution in [2.75, 3.05) is 0 Å². The third-order valence-electron chi connectivity index (χ3n) is 2.37. The maximum absolute atomic E-state index is 10.3. The normalized spacial score (nSPS) is 9.40. The Morgan fingerprint density at radius 3 is 2.00 bits per heavy atom. The minimum Gasteiger partial charge on any atom is -0.545 e. The largest absolute Gasteiger partial charge is 1.00 e. The second-order valence-corrected chi connectivity index (χ2v) is 3.76. The Bertz CT molecular complexity index is 178. The van der Waals surface area contributed by atoms with Crippen LogP contribution < -0.4 is 56.5 Å². The van der Waals surface area contributed by atoms with Crippen molar-refractivity contribution in [2.45, 2.75) is 58.3 Å². The molecule has 0 radical (unpaired) electrons. The number of carbonyl (C=O) groups excluding carboxylic acids is 1. The predicted octanol–water partition coefficient (Wildman–Crippen LogP) is -0.563. The molecule has 0 unspecified atom stereocenters. The van der Waals surface area contributed by atoms with Gasteiger partial charge in [0.1, 0.15) is 0 Å². The molecule has 0 bridgehead atoms. The summed E-state index contributed by atoms with van der Waals surface area (Å²) in [6.45, 7) is 5.64. The summed E-state index contributed by atoms with van der Waals surface area (Å²) < 4.78 is 0.